The van der Waals surface area contributed by atoms with E-state index in [4.69, 9.17) is 5.73 Å². The van der Waals surface area contributed by atoms with Crippen molar-refractivity contribution in [3.63, 3.8) is 0 Å². The number of alkyl halides is 2. The molecule has 0 aromatic carbocycles. The van der Waals surface area contributed by atoms with Gasteiger partial charge >= 0.3 is 5.82 Å². The first kappa shape index (κ1) is 9.36. The van der Waals surface area contributed by atoms with Crippen molar-refractivity contribution >= 4 is 11.5 Å². The van der Waals surface area contributed by atoms with Gasteiger partial charge in [0.1, 0.15) is 6.54 Å². The maximum atomic E-state index is 11.8. The van der Waals surface area contributed by atoms with Gasteiger partial charge < -0.3 is 15.8 Å². The largest absolute Gasteiger partial charge is 0.412 e. The minimum atomic E-state index is -2.61. The van der Waals surface area contributed by atoms with Gasteiger partial charge in [0.15, 0.2) is 5.69 Å². The zero-order valence-electron chi connectivity index (χ0n) is 6.35. The molecule has 0 spiro atoms. The molecule has 1 rings (SSSR count). The molecule has 0 radical (unpaired) electrons. The Kier molecular flexibility index (Phi) is 2.40. The van der Waals surface area contributed by atoms with Crippen LogP contribution in [-0.4, -0.2) is 21.1 Å². The van der Waals surface area contributed by atoms with Crippen molar-refractivity contribution in [2.45, 2.75) is 13.0 Å². The van der Waals surface area contributed by atoms with Gasteiger partial charge in [-0.05, 0) is 4.92 Å². The Morgan fingerprint density at radius 2 is 2.38 bits per heavy atom. The molecule has 0 unspecified atom stereocenters. The second-order valence-electron chi connectivity index (χ2n) is 2.28. The molecule has 0 aliphatic carbocycles. The number of rotatable bonds is 3. The SMILES string of the molecule is Nc1cn(CC(F)F)nc1[N+](=O)[O-]. The molecular weight excluding hydrogens is 186 g/mol. The van der Waals surface area contributed by atoms with E-state index in [1.54, 1.807) is 0 Å². The van der Waals surface area contributed by atoms with Crippen LogP contribution in [0.4, 0.5) is 20.3 Å². The van der Waals surface area contributed by atoms with Crippen molar-refractivity contribution in [3.8, 4) is 0 Å². The van der Waals surface area contributed by atoms with Crippen LogP contribution in [0.25, 0.3) is 0 Å². The van der Waals surface area contributed by atoms with Gasteiger partial charge in [-0.1, -0.05) is 0 Å². The molecule has 0 atom stereocenters. The molecule has 0 fully saturated rings. The summed E-state index contributed by atoms with van der Waals surface area (Å²) in [7, 11) is 0. The Morgan fingerprint density at radius 1 is 1.77 bits per heavy atom. The summed E-state index contributed by atoms with van der Waals surface area (Å²) in [5.41, 5.74) is 4.93. The minimum absolute atomic E-state index is 0.217. The Labute approximate surface area is 71.1 Å². The fourth-order valence-corrected chi connectivity index (χ4v) is 0.803. The van der Waals surface area contributed by atoms with Crippen LogP contribution in [0.3, 0.4) is 0 Å². The van der Waals surface area contributed by atoms with E-state index in [1.165, 1.54) is 0 Å². The molecule has 0 amide bonds. The first-order valence-corrected chi connectivity index (χ1v) is 3.26. The molecule has 1 aromatic rings. The normalized spacial score (nSPS) is 10.7. The maximum absolute atomic E-state index is 11.8. The number of anilines is 1. The van der Waals surface area contributed by atoms with Gasteiger partial charge in [-0.25, -0.2) is 8.78 Å². The third kappa shape index (κ3) is 2.10. The summed E-state index contributed by atoms with van der Waals surface area (Å²) in [4.78, 5) is 9.36. The molecule has 1 heterocycles. The zero-order chi connectivity index (χ0) is 10.0. The van der Waals surface area contributed by atoms with E-state index in [2.05, 4.69) is 5.10 Å². The molecule has 13 heavy (non-hydrogen) atoms. The van der Waals surface area contributed by atoms with E-state index < -0.39 is 23.7 Å². The Balaban J connectivity index is 2.89. The van der Waals surface area contributed by atoms with Crippen molar-refractivity contribution in [1.82, 2.24) is 9.78 Å². The average Bonchev–Trinajstić information content (AvgIpc) is 2.29. The number of nitro groups is 1. The summed E-state index contributed by atoms with van der Waals surface area (Å²) < 4.78 is 24.3. The Morgan fingerprint density at radius 3 is 2.77 bits per heavy atom. The van der Waals surface area contributed by atoms with E-state index in [0.717, 1.165) is 10.9 Å². The maximum Gasteiger partial charge on any atom is 0.412 e. The summed E-state index contributed by atoms with van der Waals surface area (Å²) in [6.07, 6.45) is -1.61. The summed E-state index contributed by atoms with van der Waals surface area (Å²) in [6, 6.07) is 0. The van der Waals surface area contributed by atoms with Crippen molar-refractivity contribution in [2.75, 3.05) is 5.73 Å². The van der Waals surface area contributed by atoms with Gasteiger partial charge in [0.05, 0.1) is 11.3 Å². The zero-order valence-corrected chi connectivity index (χ0v) is 6.35. The lowest BCUT2D eigenvalue weighted by molar-refractivity contribution is -0.388. The first-order valence-electron chi connectivity index (χ1n) is 3.26. The third-order valence-electron chi connectivity index (χ3n) is 1.27. The monoisotopic (exact) mass is 192 g/mol. The summed E-state index contributed by atoms with van der Waals surface area (Å²) in [5, 5.41) is 13.4. The van der Waals surface area contributed by atoms with Crippen molar-refractivity contribution in [2.24, 2.45) is 0 Å². The fraction of sp³-hybridized carbons (Fsp3) is 0.400. The van der Waals surface area contributed by atoms with E-state index in [9.17, 15) is 18.9 Å². The summed E-state index contributed by atoms with van der Waals surface area (Å²) >= 11 is 0. The van der Waals surface area contributed by atoms with Gasteiger partial charge in [0, 0.05) is 0 Å². The van der Waals surface area contributed by atoms with Crippen LogP contribution in [0.2, 0.25) is 0 Å². The molecule has 6 nitrogen and oxygen atoms in total. The highest BCUT2D eigenvalue weighted by molar-refractivity contribution is 5.51. The smallest absolute Gasteiger partial charge is 0.390 e. The molecule has 1 aromatic heterocycles. The first-order chi connectivity index (χ1) is 6.00. The van der Waals surface area contributed by atoms with Gasteiger partial charge in [0.2, 0.25) is 0 Å². The van der Waals surface area contributed by atoms with Gasteiger partial charge in [-0.3, -0.25) is 0 Å². The van der Waals surface area contributed by atoms with Gasteiger partial charge in [-0.2, -0.15) is 4.68 Å². The number of nitrogens with zero attached hydrogens (tertiary/aromatic N) is 3. The fourth-order valence-electron chi connectivity index (χ4n) is 0.803. The lowest BCUT2D eigenvalue weighted by Gasteiger charge is -1.92. The third-order valence-corrected chi connectivity index (χ3v) is 1.27. The van der Waals surface area contributed by atoms with E-state index in [-0.39, 0.29) is 5.69 Å². The number of hydrogen-bond donors (Lipinski definition) is 1. The topological polar surface area (TPSA) is 87.0 Å². The van der Waals surface area contributed by atoms with Crippen molar-refractivity contribution in [1.29, 1.82) is 0 Å². The molecular formula is C5H6F2N4O2. The second kappa shape index (κ2) is 3.33. The van der Waals surface area contributed by atoms with Crippen LogP contribution in [0.5, 0.6) is 0 Å². The molecule has 0 aliphatic rings. The molecule has 0 saturated carbocycles. The molecule has 8 heteroatoms. The molecule has 0 bridgehead atoms. The number of nitrogens with two attached hydrogens (primary N) is 1. The summed E-state index contributed by atoms with van der Waals surface area (Å²) in [5.74, 6) is -0.597. The molecule has 0 saturated heterocycles. The van der Waals surface area contributed by atoms with Crippen molar-refractivity contribution < 1.29 is 13.7 Å². The van der Waals surface area contributed by atoms with Crippen LogP contribution in [0, 0.1) is 10.1 Å². The van der Waals surface area contributed by atoms with Gasteiger partial charge in [-0.15, -0.1) is 0 Å². The number of hydrogen-bond acceptors (Lipinski definition) is 4. The average molecular weight is 192 g/mol. The summed E-state index contributed by atoms with van der Waals surface area (Å²) in [6.45, 7) is -0.696. The van der Waals surface area contributed by atoms with Crippen LogP contribution >= 0.6 is 0 Å². The highest BCUT2D eigenvalue weighted by Crippen LogP contribution is 2.17. The quantitative estimate of drug-likeness (QED) is 0.562. The highest BCUT2D eigenvalue weighted by Gasteiger charge is 2.19. The predicted octanol–water partition coefficient (Wildman–Crippen LogP) is 0.639. The number of nitrogen functional groups attached to an aromatic ring is 1. The second-order valence-corrected chi connectivity index (χ2v) is 2.28. The van der Waals surface area contributed by atoms with Crippen LogP contribution in [-0.2, 0) is 6.54 Å². The minimum Gasteiger partial charge on any atom is -0.390 e. The molecule has 72 valence electrons. The number of halogens is 2. The predicted molar refractivity (Wildman–Crippen MR) is 39.3 cm³/mol. The van der Waals surface area contributed by atoms with Gasteiger partial charge in [0.25, 0.3) is 6.43 Å². The van der Waals surface area contributed by atoms with E-state index >= 15 is 0 Å². The molecule has 2 N–H and O–H groups in total. The van der Waals surface area contributed by atoms with Crippen molar-refractivity contribution in [3.05, 3.63) is 16.3 Å². The lowest BCUT2D eigenvalue weighted by atomic mass is 10.5. The Bertz CT molecular complexity index is 324. The lowest BCUT2D eigenvalue weighted by Crippen LogP contribution is -2.07. The molecule has 0 aliphatic heterocycles. The highest BCUT2D eigenvalue weighted by atomic mass is 19.3. The van der Waals surface area contributed by atoms with E-state index in [0.29, 0.717) is 0 Å². The van der Waals surface area contributed by atoms with Crippen LogP contribution in [0.15, 0.2) is 6.20 Å². The Hall–Kier alpha value is -1.73. The van der Waals surface area contributed by atoms with Crippen LogP contribution < -0.4 is 5.73 Å². The van der Waals surface area contributed by atoms with E-state index in [1.807, 2.05) is 0 Å². The standard InChI is InChI=1S/C5H6F2N4O2/c6-4(7)2-10-1-3(8)5(9-10)11(12)13/h1,4H,2,8H2. The van der Waals surface area contributed by atoms with Crippen LogP contribution in [0.1, 0.15) is 0 Å². The number of aromatic nitrogens is 2.